The number of anilines is 1. The second kappa shape index (κ2) is 5.15. The van der Waals surface area contributed by atoms with E-state index in [0.717, 1.165) is 25.7 Å². The quantitative estimate of drug-likeness (QED) is 0.873. The Hall–Kier alpha value is -0.650. The summed E-state index contributed by atoms with van der Waals surface area (Å²) in [7, 11) is 0. The van der Waals surface area contributed by atoms with E-state index in [0.29, 0.717) is 0 Å². The minimum absolute atomic E-state index is 0.733. The number of thiazole rings is 1. The smallest absolute Gasteiger partial charge is 0.185 e. The topological polar surface area (TPSA) is 31.4 Å². The standard InChI is InChI=1S/C13H22N4S/c1-10-11(2)18-13(15-10)17-6-3-12(9-17)16-7-4-14-5-8-16/h12,14H,3-9H2,1-2H3. The van der Waals surface area contributed by atoms with Gasteiger partial charge in [-0.15, -0.1) is 11.3 Å². The Labute approximate surface area is 113 Å². The van der Waals surface area contributed by atoms with Crippen molar-refractivity contribution in [1.29, 1.82) is 0 Å². The highest BCUT2D eigenvalue weighted by Crippen LogP contribution is 2.29. The van der Waals surface area contributed by atoms with Gasteiger partial charge in [-0.1, -0.05) is 0 Å². The summed E-state index contributed by atoms with van der Waals surface area (Å²) < 4.78 is 0. The molecule has 0 amide bonds. The summed E-state index contributed by atoms with van der Waals surface area (Å²) >= 11 is 1.84. The molecule has 1 aromatic heterocycles. The summed E-state index contributed by atoms with van der Waals surface area (Å²) in [5.41, 5.74) is 1.20. The van der Waals surface area contributed by atoms with Gasteiger partial charge in [0.05, 0.1) is 5.69 Å². The molecule has 5 heteroatoms. The van der Waals surface area contributed by atoms with Gasteiger partial charge in [0.25, 0.3) is 0 Å². The van der Waals surface area contributed by atoms with Crippen molar-refractivity contribution in [3.05, 3.63) is 10.6 Å². The number of hydrogen-bond acceptors (Lipinski definition) is 5. The number of nitrogens with one attached hydrogen (secondary N) is 1. The minimum Gasteiger partial charge on any atom is -0.346 e. The zero-order chi connectivity index (χ0) is 12.5. The lowest BCUT2D eigenvalue weighted by Gasteiger charge is -2.32. The summed E-state index contributed by atoms with van der Waals surface area (Å²) in [6.07, 6.45) is 1.29. The van der Waals surface area contributed by atoms with Crippen LogP contribution in [0, 0.1) is 13.8 Å². The molecular weight excluding hydrogens is 244 g/mol. The van der Waals surface area contributed by atoms with E-state index in [1.807, 2.05) is 11.3 Å². The van der Waals surface area contributed by atoms with Crippen molar-refractivity contribution in [2.75, 3.05) is 44.2 Å². The zero-order valence-electron chi connectivity index (χ0n) is 11.3. The first kappa shape index (κ1) is 12.4. The molecule has 2 saturated heterocycles. The Morgan fingerprint density at radius 1 is 1.22 bits per heavy atom. The molecule has 0 bridgehead atoms. The van der Waals surface area contributed by atoms with E-state index in [2.05, 4.69) is 33.9 Å². The second-order valence-corrected chi connectivity index (χ2v) is 6.49. The van der Waals surface area contributed by atoms with E-state index in [1.165, 1.54) is 41.8 Å². The third kappa shape index (κ3) is 2.39. The van der Waals surface area contributed by atoms with E-state index in [9.17, 15) is 0 Å². The monoisotopic (exact) mass is 266 g/mol. The molecule has 100 valence electrons. The Bertz CT molecular complexity index is 392. The number of aromatic nitrogens is 1. The third-order valence-corrected chi connectivity index (χ3v) is 5.25. The molecule has 0 saturated carbocycles. The first-order valence-corrected chi connectivity index (χ1v) is 7.69. The highest BCUT2D eigenvalue weighted by molar-refractivity contribution is 7.15. The maximum Gasteiger partial charge on any atom is 0.185 e. The van der Waals surface area contributed by atoms with Gasteiger partial charge in [-0.2, -0.15) is 0 Å². The SMILES string of the molecule is Cc1nc(N2CCC(N3CCNCC3)C2)sc1C. The van der Waals surface area contributed by atoms with E-state index in [-0.39, 0.29) is 0 Å². The fraction of sp³-hybridized carbons (Fsp3) is 0.769. The van der Waals surface area contributed by atoms with Crippen LogP contribution in [0.4, 0.5) is 5.13 Å². The third-order valence-electron chi connectivity index (χ3n) is 4.12. The van der Waals surface area contributed by atoms with Gasteiger partial charge in [0, 0.05) is 50.2 Å². The molecule has 1 N–H and O–H groups in total. The summed E-state index contributed by atoms with van der Waals surface area (Å²) in [4.78, 5) is 11.2. The van der Waals surface area contributed by atoms with Crippen molar-refractivity contribution in [2.24, 2.45) is 0 Å². The first-order chi connectivity index (χ1) is 8.74. The molecule has 0 aromatic carbocycles. The minimum atomic E-state index is 0.733. The summed E-state index contributed by atoms with van der Waals surface area (Å²) in [5.74, 6) is 0. The van der Waals surface area contributed by atoms with Crippen molar-refractivity contribution in [3.63, 3.8) is 0 Å². The lowest BCUT2D eigenvalue weighted by atomic mass is 10.2. The molecule has 0 aliphatic carbocycles. The largest absolute Gasteiger partial charge is 0.346 e. The maximum absolute atomic E-state index is 4.69. The van der Waals surface area contributed by atoms with Crippen molar-refractivity contribution in [3.8, 4) is 0 Å². The van der Waals surface area contributed by atoms with Crippen LogP contribution >= 0.6 is 11.3 Å². The maximum atomic E-state index is 4.69. The van der Waals surface area contributed by atoms with Crippen molar-refractivity contribution >= 4 is 16.5 Å². The molecule has 2 aliphatic heterocycles. The molecule has 1 aromatic rings. The van der Waals surface area contributed by atoms with Crippen LogP contribution in [0.1, 0.15) is 17.0 Å². The highest BCUT2D eigenvalue weighted by Gasteiger charge is 2.29. The van der Waals surface area contributed by atoms with Crippen LogP contribution in [0.5, 0.6) is 0 Å². The summed E-state index contributed by atoms with van der Waals surface area (Å²) in [6.45, 7) is 11.3. The Morgan fingerprint density at radius 2 is 2.00 bits per heavy atom. The van der Waals surface area contributed by atoms with Crippen LogP contribution < -0.4 is 10.2 Å². The molecule has 3 rings (SSSR count). The summed E-state index contributed by atoms with van der Waals surface area (Å²) in [5, 5.41) is 4.65. The molecule has 2 fully saturated rings. The van der Waals surface area contributed by atoms with Gasteiger partial charge in [0.1, 0.15) is 0 Å². The predicted molar refractivity (Wildman–Crippen MR) is 76.6 cm³/mol. The van der Waals surface area contributed by atoms with Gasteiger partial charge >= 0.3 is 0 Å². The average molecular weight is 266 g/mol. The van der Waals surface area contributed by atoms with Gasteiger partial charge in [0.15, 0.2) is 5.13 Å². The molecule has 2 aliphatic rings. The average Bonchev–Trinajstić information content (AvgIpc) is 2.99. The predicted octanol–water partition coefficient (Wildman–Crippen LogP) is 1.24. The highest BCUT2D eigenvalue weighted by atomic mass is 32.1. The van der Waals surface area contributed by atoms with Crippen molar-refractivity contribution in [2.45, 2.75) is 26.3 Å². The Balaban J connectivity index is 1.64. The number of aryl methyl sites for hydroxylation is 2. The van der Waals surface area contributed by atoms with Crippen LogP contribution in [-0.4, -0.2) is 55.2 Å². The number of rotatable bonds is 2. The number of piperazine rings is 1. The van der Waals surface area contributed by atoms with Crippen LogP contribution in [0.2, 0.25) is 0 Å². The van der Waals surface area contributed by atoms with E-state index < -0.39 is 0 Å². The van der Waals surface area contributed by atoms with Crippen LogP contribution in [0.25, 0.3) is 0 Å². The van der Waals surface area contributed by atoms with Crippen LogP contribution in [0.3, 0.4) is 0 Å². The fourth-order valence-corrected chi connectivity index (χ4v) is 3.80. The van der Waals surface area contributed by atoms with Gasteiger partial charge in [0.2, 0.25) is 0 Å². The first-order valence-electron chi connectivity index (χ1n) is 6.88. The molecule has 18 heavy (non-hydrogen) atoms. The van der Waals surface area contributed by atoms with Gasteiger partial charge < -0.3 is 10.2 Å². The normalized spacial score (nSPS) is 25.9. The van der Waals surface area contributed by atoms with Crippen molar-refractivity contribution < 1.29 is 0 Å². The summed E-state index contributed by atoms with van der Waals surface area (Å²) in [6, 6.07) is 0.733. The van der Waals surface area contributed by atoms with E-state index >= 15 is 0 Å². The van der Waals surface area contributed by atoms with Crippen LogP contribution in [-0.2, 0) is 0 Å². The number of nitrogens with zero attached hydrogens (tertiary/aromatic N) is 3. The van der Waals surface area contributed by atoms with Crippen molar-refractivity contribution in [1.82, 2.24) is 15.2 Å². The van der Waals surface area contributed by atoms with Crippen LogP contribution in [0.15, 0.2) is 0 Å². The Morgan fingerprint density at radius 3 is 2.67 bits per heavy atom. The molecule has 1 atom stereocenters. The van der Waals surface area contributed by atoms with Gasteiger partial charge in [-0.05, 0) is 20.3 Å². The molecule has 3 heterocycles. The molecule has 0 spiro atoms. The lowest BCUT2D eigenvalue weighted by Crippen LogP contribution is -2.49. The molecule has 0 radical (unpaired) electrons. The fourth-order valence-electron chi connectivity index (χ4n) is 2.85. The molecule has 4 nitrogen and oxygen atoms in total. The molecule has 1 unspecified atom stereocenters. The van der Waals surface area contributed by atoms with E-state index in [4.69, 9.17) is 0 Å². The second-order valence-electron chi connectivity index (χ2n) is 5.31. The molecular formula is C13H22N4S. The zero-order valence-corrected chi connectivity index (χ0v) is 12.1. The Kier molecular flexibility index (Phi) is 3.54. The van der Waals surface area contributed by atoms with Gasteiger partial charge in [-0.3, -0.25) is 4.90 Å². The lowest BCUT2D eigenvalue weighted by molar-refractivity contribution is 0.185. The number of hydrogen-bond donors (Lipinski definition) is 1. The van der Waals surface area contributed by atoms with Gasteiger partial charge in [-0.25, -0.2) is 4.98 Å². The van der Waals surface area contributed by atoms with E-state index in [1.54, 1.807) is 0 Å².